The van der Waals surface area contributed by atoms with Gasteiger partial charge in [-0.05, 0) is 13.8 Å². The van der Waals surface area contributed by atoms with Crippen LogP contribution in [0.15, 0.2) is 0 Å². The lowest BCUT2D eigenvalue weighted by atomic mass is 10.0. The Morgan fingerprint density at radius 3 is 2.29 bits per heavy atom. The molecular formula is C9H19N3O2. The van der Waals surface area contributed by atoms with Gasteiger partial charge in [-0.3, -0.25) is 9.59 Å². The van der Waals surface area contributed by atoms with Crippen LogP contribution in [-0.2, 0) is 9.59 Å². The minimum atomic E-state index is -0.534. The van der Waals surface area contributed by atoms with Gasteiger partial charge in [0.2, 0.25) is 11.8 Å². The van der Waals surface area contributed by atoms with Gasteiger partial charge in [0.15, 0.2) is 0 Å². The van der Waals surface area contributed by atoms with Crippen LogP contribution in [0.3, 0.4) is 0 Å². The normalized spacial score (nSPS) is 10.9. The Bertz CT molecular complexity index is 221. The summed E-state index contributed by atoms with van der Waals surface area (Å²) in [4.78, 5) is 23.8. The van der Waals surface area contributed by atoms with Gasteiger partial charge in [0.1, 0.15) is 0 Å². The molecule has 82 valence electrons. The number of hydrogen-bond donors (Lipinski definition) is 2. The van der Waals surface area contributed by atoms with Crippen molar-refractivity contribution in [2.45, 2.75) is 25.8 Å². The topological polar surface area (TPSA) is 75.4 Å². The molecule has 0 aliphatic carbocycles. The Morgan fingerprint density at radius 1 is 1.43 bits per heavy atom. The van der Waals surface area contributed by atoms with E-state index in [-0.39, 0.29) is 24.8 Å². The fourth-order valence-electron chi connectivity index (χ4n) is 0.907. The number of nitrogens with zero attached hydrogens (tertiary/aromatic N) is 1. The monoisotopic (exact) mass is 201 g/mol. The van der Waals surface area contributed by atoms with Crippen LogP contribution in [0.1, 0.15) is 20.3 Å². The maximum Gasteiger partial charge on any atom is 0.239 e. The Morgan fingerprint density at radius 2 is 1.93 bits per heavy atom. The van der Waals surface area contributed by atoms with Crippen molar-refractivity contribution >= 4 is 11.8 Å². The van der Waals surface area contributed by atoms with Crippen molar-refractivity contribution in [1.29, 1.82) is 0 Å². The van der Waals surface area contributed by atoms with E-state index in [1.54, 1.807) is 20.9 Å². The highest BCUT2D eigenvalue weighted by atomic mass is 16.2. The summed E-state index contributed by atoms with van der Waals surface area (Å²) in [5.74, 6) is -0.309. The number of amides is 2. The van der Waals surface area contributed by atoms with E-state index in [2.05, 4.69) is 5.32 Å². The zero-order valence-electron chi connectivity index (χ0n) is 9.26. The van der Waals surface area contributed by atoms with Crippen LogP contribution in [0.4, 0.5) is 0 Å². The molecule has 0 bridgehead atoms. The molecule has 0 unspecified atom stereocenters. The molecule has 2 amide bonds. The van der Waals surface area contributed by atoms with Crippen LogP contribution < -0.4 is 11.1 Å². The number of carbonyl (C=O) groups is 2. The number of carbonyl (C=O) groups excluding carboxylic acids is 2. The molecule has 0 aliphatic rings. The zero-order valence-corrected chi connectivity index (χ0v) is 9.26. The number of likely N-dealkylation sites (N-methyl/N-ethyl adjacent to an activating group) is 2. The molecule has 0 atom stereocenters. The molecule has 0 aliphatic heterocycles. The molecule has 0 heterocycles. The molecule has 0 fully saturated rings. The molecule has 0 spiro atoms. The van der Waals surface area contributed by atoms with Crippen molar-refractivity contribution in [3.8, 4) is 0 Å². The third kappa shape index (κ3) is 5.53. The standard InChI is InChI=1S/C9H19N3O2/c1-9(2,10)5-8(14)12(4)6-7(13)11-3/h5-6,10H2,1-4H3,(H,11,13). The number of nitrogens with two attached hydrogens (primary N) is 1. The predicted octanol–water partition coefficient (Wildman–Crippen LogP) is -0.682. The van der Waals surface area contributed by atoms with Gasteiger partial charge in [0.25, 0.3) is 0 Å². The van der Waals surface area contributed by atoms with Gasteiger partial charge in [0.05, 0.1) is 6.54 Å². The van der Waals surface area contributed by atoms with E-state index in [0.717, 1.165) is 0 Å². The molecular weight excluding hydrogens is 182 g/mol. The number of hydrogen-bond acceptors (Lipinski definition) is 3. The number of nitrogens with one attached hydrogen (secondary N) is 1. The van der Waals surface area contributed by atoms with Gasteiger partial charge < -0.3 is 16.0 Å². The highest BCUT2D eigenvalue weighted by Crippen LogP contribution is 2.05. The summed E-state index contributed by atoms with van der Waals surface area (Å²) in [6.45, 7) is 3.63. The lowest BCUT2D eigenvalue weighted by Gasteiger charge is -2.22. The van der Waals surface area contributed by atoms with E-state index in [1.165, 1.54) is 11.9 Å². The Balaban J connectivity index is 4.07. The van der Waals surface area contributed by atoms with Gasteiger partial charge in [-0.2, -0.15) is 0 Å². The van der Waals surface area contributed by atoms with E-state index in [0.29, 0.717) is 0 Å². The Labute approximate surface area is 84.6 Å². The van der Waals surface area contributed by atoms with E-state index < -0.39 is 5.54 Å². The molecule has 5 heteroatoms. The van der Waals surface area contributed by atoms with E-state index in [4.69, 9.17) is 5.73 Å². The van der Waals surface area contributed by atoms with E-state index in [1.807, 2.05) is 0 Å². The van der Waals surface area contributed by atoms with Gasteiger partial charge >= 0.3 is 0 Å². The fraction of sp³-hybridized carbons (Fsp3) is 0.778. The number of rotatable bonds is 4. The van der Waals surface area contributed by atoms with Gasteiger partial charge in [-0.25, -0.2) is 0 Å². The third-order valence-corrected chi connectivity index (χ3v) is 1.69. The van der Waals surface area contributed by atoms with Crippen LogP contribution in [0, 0.1) is 0 Å². The first-order valence-corrected chi connectivity index (χ1v) is 4.49. The van der Waals surface area contributed by atoms with Crippen molar-refractivity contribution in [3.05, 3.63) is 0 Å². The van der Waals surface area contributed by atoms with Crippen LogP contribution in [-0.4, -0.2) is 42.9 Å². The molecule has 0 aromatic rings. The summed E-state index contributed by atoms with van der Waals surface area (Å²) in [6, 6.07) is 0. The lowest BCUT2D eigenvalue weighted by molar-refractivity contribution is -0.135. The summed E-state index contributed by atoms with van der Waals surface area (Å²) >= 11 is 0. The van der Waals surface area contributed by atoms with Gasteiger partial charge in [-0.1, -0.05) is 0 Å². The quantitative estimate of drug-likeness (QED) is 0.632. The zero-order chi connectivity index (χ0) is 11.4. The van der Waals surface area contributed by atoms with Crippen molar-refractivity contribution < 1.29 is 9.59 Å². The average Bonchev–Trinajstić information content (AvgIpc) is 2.00. The fourth-order valence-corrected chi connectivity index (χ4v) is 0.907. The summed E-state index contributed by atoms with van der Waals surface area (Å²) in [6.07, 6.45) is 0.237. The van der Waals surface area contributed by atoms with Crippen molar-refractivity contribution in [2.24, 2.45) is 5.73 Å². The smallest absolute Gasteiger partial charge is 0.239 e. The minimum absolute atomic E-state index is 0.0748. The highest BCUT2D eigenvalue weighted by molar-refractivity contribution is 5.84. The van der Waals surface area contributed by atoms with E-state index in [9.17, 15) is 9.59 Å². The van der Waals surface area contributed by atoms with Crippen LogP contribution in [0.25, 0.3) is 0 Å². The molecule has 14 heavy (non-hydrogen) atoms. The minimum Gasteiger partial charge on any atom is -0.358 e. The summed E-state index contributed by atoms with van der Waals surface area (Å²) in [5.41, 5.74) is 5.16. The Kier molecular flexibility index (Phi) is 4.56. The van der Waals surface area contributed by atoms with Gasteiger partial charge in [0, 0.05) is 26.1 Å². The first-order valence-electron chi connectivity index (χ1n) is 4.49. The van der Waals surface area contributed by atoms with Crippen molar-refractivity contribution in [1.82, 2.24) is 10.2 Å². The summed E-state index contributed by atoms with van der Waals surface area (Å²) < 4.78 is 0. The Hall–Kier alpha value is -1.10. The molecule has 0 rings (SSSR count). The molecule has 0 aromatic heterocycles. The van der Waals surface area contributed by atoms with Crippen LogP contribution >= 0.6 is 0 Å². The largest absolute Gasteiger partial charge is 0.358 e. The van der Waals surface area contributed by atoms with Crippen molar-refractivity contribution in [3.63, 3.8) is 0 Å². The third-order valence-electron chi connectivity index (χ3n) is 1.69. The summed E-state index contributed by atoms with van der Waals surface area (Å²) in [7, 11) is 3.12. The molecule has 0 saturated heterocycles. The lowest BCUT2D eigenvalue weighted by Crippen LogP contribution is -2.42. The molecule has 0 saturated carbocycles. The second kappa shape index (κ2) is 4.95. The maximum absolute atomic E-state index is 11.5. The first-order chi connectivity index (χ1) is 6.26. The average molecular weight is 201 g/mol. The van der Waals surface area contributed by atoms with Gasteiger partial charge in [-0.15, -0.1) is 0 Å². The molecule has 0 aromatic carbocycles. The van der Waals surface area contributed by atoms with Crippen LogP contribution in [0.5, 0.6) is 0 Å². The molecule has 5 nitrogen and oxygen atoms in total. The summed E-state index contributed by atoms with van der Waals surface area (Å²) in [5, 5.41) is 2.45. The maximum atomic E-state index is 11.5. The predicted molar refractivity (Wildman–Crippen MR) is 54.6 cm³/mol. The highest BCUT2D eigenvalue weighted by Gasteiger charge is 2.20. The van der Waals surface area contributed by atoms with E-state index >= 15 is 0 Å². The second-order valence-electron chi connectivity index (χ2n) is 4.09. The van der Waals surface area contributed by atoms with Crippen molar-refractivity contribution in [2.75, 3.05) is 20.6 Å². The molecule has 3 N–H and O–H groups in total. The first kappa shape index (κ1) is 12.9. The second-order valence-corrected chi connectivity index (χ2v) is 4.09. The van der Waals surface area contributed by atoms with Crippen LogP contribution in [0.2, 0.25) is 0 Å². The molecule has 0 radical (unpaired) electrons. The SMILES string of the molecule is CNC(=O)CN(C)C(=O)CC(C)(C)N.